The summed E-state index contributed by atoms with van der Waals surface area (Å²) in [7, 11) is 0. The van der Waals surface area contributed by atoms with Gasteiger partial charge in [0.1, 0.15) is 5.82 Å². The first-order valence-electron chi connectivity index (χ1n) is 5.31. The standard InChI is InChI=1S/C12H14FN/c13-10-3-1-8(2-4-10)11-5-9-6-14-7-12(9)11/h1-4,9,11-12,14H,5-7H2/t9-,11-,12+/m0/s1. The third kappa shape index (κ3) is 1.17. The van der Waals surface area contributed by atoms with Crippen LogP contribution in [0.25, 0.3) is 0 Å². The van der Waals surface area contributed by atoms with E-state index in [2.05, 4.69) is 5.32 Å². The summed E-state index contributed by atoms with van der Waals surface area (Å²) in [4.78, 5) is 0. The van der Waals surface area contributed by atoms with Crippen LogP contribution in [-0.2, 0) is 0 Å². The van der Waals surface area contributed by atoms with Crippen LogP contribution in [0.1, 0.15) is 17.9 Å². The molecule has 2 heteroatoms. The number of nitrogens with one attached hydrogen (secondary N) is 1. The first-order chi connectivity index (χ1) is 6.84. The van der Waals surface area contributed by atoms with Crippen molar-refractivity contribution in [3.63, 3.8) is 0 Å². The predicted molar refractivity (Wildman–Crippen MR) is 53.6 cm³/mol. The molecule has 1 aromatic rings. The van der Waals surface area contributed by atoms with Crippen LogP contribution in [0.5, 0.6) is 0 Å². The molecule has 1 N–H and O–H groups in total. The Morgan fingerprint density at radius 1 is 1.14 bits per heavy atom. The zero-order chi connectivity index (χ0) is 9.54. The molecule has 1 saturated heterocycles. The van der Waals surface area contributed by atoms with Gasteiger partial charge in [-0.05, 0) is 55.0 Å². The van der Waals surface area contributed by atoms with Crippen LogP contribution in [0.3, 0.4) is 0 Å². The lowest BCUT2D eigenvalue weighted by molar-refractivity contribution is 0.191. The molecule has 1 heterocycles. The van der Waals surface area contributed by atoms with Crippen molar-refractivity contribution < 1.29 is 4.39 Å². The molecule has 1 nitrogen and oxygen atoms in total. The summed E-state index contributed by atoms with van der Waals surface area (Å²) in [5, 5.41) is 3.42. The molecule has 0 radical (unpaired) electrons. The predicted octanol–water partition coefficient (Wildman–Crippen LogP) is 2.15. The van der Waals surface area contributed by atoms with Gasteiger partial charge in [0.05, 0.1) is 0 Å². The highest BCUT2D eigenvalue weighted by molar-refractivity contribution is 5.25. The summed E-state index contributed by atoms with van der Waals surface area (Å²) in [6.07, 6.45) is 1.28. The van der Waals surface area contributed by atoms with Gasteiger partial charge in [0.2, 0.25) is 0 Å². The molecule has 1 aliphatic heterocycles. The topological polar surface area (TPSA) is 12.0 Å². The van der Waals surface area contributed by atoms with Crippen molar-refractivity contribution >= 4 is 0 Å². The van der Waals surface area contributed by atoms with Gasteiger partial charge in [0.25, 0.3) is 0 Å². The first kappa shape index (κ1) is 8.42. The largest absolute Gasteiger partial charge is 0.316 e. The van der Waals surface area contributed by atoms with Crippen molar-refractivity contribution in [2.24, 2.45) is 11.8 Å². The average molecular weight is 191 g/mol. The highest BCUT2D eigenvalue weighted by Crippen LogP contribution is 2.48. The lowest BCUT2D eigenvalue weighted by Gasteiger charge is -2.40. The molecule has 74 valence electrons. The van der Waals surface area contributed by atoms with Crippen molar-refractivity contribution in [2.75, 3.05) is 13.1 Å². The van der Waals surface area contributed by atoms with Crippen LogP contribution in [0.2, 0.25) is 0 Å². The van der Waals surface area contributed by atoms with Crippen molar-refractivity contribution in [3.8, 4) is 0 Å². The van der Waals surface area contributed by atoms with E-state index >= 15 is 0 Å². The van der Waals surface area contributed by atoms with Crippen molar-refractivity contribution in [1.29, 1.82) is 0 Å². The second-order valence-electron chi connectivity index (χ2n) is 4.48. The SMILES string of the molecule is Fc1ccc([C@@H]2C[C@H]3CNC[C@H]32)cc1. The van der Waals surface area contributed by atoms with E-state index in [0.29, 0.717) is 5.92 Å². The third-order valence-electron chi connectivity index (χ3n) is 3.76. The third-order valence-corrected chi connectivity index (χ3v) is 3.76. The molecule has 0 amide bonds. The van der Waals surface area contributed by atoms with Gasteiger partial charge in [0, 0.05) is 0 Å². The van der Waals surface area contributed by atoms with Gasteiger partial charge in [0.15, 0.2) is 0 Å². The van der Waals surface area contributed by atoms with Gasteiger partial charge in [-0.1, -0.05) is 12.1 Å². The number of benzene rings is 1. The Morgan fingerprint density at radius 2 is 1.93 bits per heavy atom. The van der Waals surface area contributed by atoms with Crippen molar-refractivity contribution in [3.05, 3.63) is 35.6 Å². The Hall–Kier alpha value is -0.890. The molecule has 0 unspecified atom stereocenters. The van der Waals surface area contributed by atoms with Gasteiger partial charge in [-0.3, -0.25) is 0 Å². The minimum absolute atomic E-state index is 0.130. The van der Waals surface area contributed by atoms with E-state index in [9.17, 15) is 4.39 Å². The maximum atomic E-state index is 12.7. The normalized spacial score (nSPS) is 35.1. The molecule has 0 bridgehead atoms. The second-order valence-corrected chi connectivity index (χ2v) is 4.48. The summed E-state index contributed by atoms with van der Waals surface area (Å²) < 4.78 is 12.7. The van der Waals surface area contributed by atoms with E-state index in [-0.39, 0.29) is 5.82 Å². The molecule has 3 rings (SSSR count). The molecule has 14 heavy (non-hydrogen) atoms. The van der Waals surface area contributed by atoms with Crippen LogP contribution in [-0.4, -0.2) is 13.1 Å². The summed E-state index contributed by atoms with van der Waals surface area (Å²) in [5.41, 5.74) is 1.32. The number of halogens is 1. The molecule has 2 aliphatic rings. The van der Waals surface area contributed by atoms with Crippen LogP contribution in [0.4, 0.5) is 4.39 Å². The monoisotopic (exact) mass is 191 g/mol. The Kier molecular flexibility index (Phi) is 1.84. The highest BCUT2D eigenvalue weighted by Gasteiger charge is 2.44. The molecule has 1 aromatic carbocycles. The molecule has 2 fully saturated rings. The van der Waals surface area contributed by atoms with Crippen LogP contribution < -0.4 is 5.32 Å². The zero-order valence-electron chi connectivity index (χ0n) is 8.04. The minimum Gasteiger partial charge on any atom is -0.316 e. The fraction of sp³-hybridized carbons (Fsp3) is 0.500. The van der Waals surface area contributed by atoms with E-state index in [1.807, 2.05) is 12.1 Å². The summed E-state index contributed by atoms with van der Waals surface area (Å²) in [6, 6.07) is 7.03. The van der Waals surface area contributed by atoms with E-state index < -0.39 is 0 Å². The smallest absolute Gasteiger partial charge is 0.123 e. The van der Waals surface area contributed by atoms with Gasteiger partial charge >= 0.3 is 0 Å². The first-order valence-corrected chi connectivity index (χ1v) is 5.31. The quantitative estimate of drug-likeness (QED) is 0.717. The van der Waals surface area contributed by atoms with E-state index in [0.717, 1.165) is 18.4 Å². The molecule has 1 aliphatic carbocycles. The van der Waals surface area contributed by atoms with E-state index in [1.165, 1.54) is 18.5 Å². The van der Waals surface area contributed by atoms with E-state index in [4.69, 9.17) is 0 Å². The Labute approximate surface area is 83.3 Å². The number of hydrogen-bond donors (Lipinski definition) is 1. The molecule has 0 spiro atoms. The Bertz CT molecular complexity index is 333. The van der Waals surface area contributed by atoms with Crippen LogP contribution in [0, 0.1) is 17.7 Å². The maximum absolute atomic E-state index is 12.7. The maximum Gasteiger partial charge on any atom is 0.123 e. The molecule has 0 aromatic heterocycles. The molecular weight excluding hydrogens is 177 g/mol. The van der Waals surface area contributed by atoms with Gasteiger partial charge < -0.3 is 5.32 Å². The Morgan fingerprint density at radius 3 is 2.64 bits per heavy atom. The van der Waals surface area contributed by atoms with Crippen molar-refractivity contribution in [2.45, 2.75) is 12.3 Å². The lowest BCUT2D eigenvalue weighted by Crippen LogP contribution is -2.33. The second kappa shape index (κ2) is 3.06. The number of rotatable bonds is 1. The van der Waals surface area contributed by atoms with Crippen LogP contribution in [0.15, 0.2) is 24.3 Å². The van der Waals surface area contributed by atoms with E-state index in [1.54, 1.807) is 12.1 Å². The lowest BCUT2D eigenvalue weighted by atomic mass is 9.64. The van der Waals surface area contributed by atoms with Gasteiger partial charge in [-0.15, -0.1) is 0 Å². The summed E-state index contributed by atoms with van der Waals surface area (Å²) in [5.74, 6) is 2.23. The minimum atomic E-state index is -0.130. The van der Waals surface area contributed by atoms with Crippen LogP contribution >= 0.6 is 0 Å². The summed E-state index contributed by atoms with van der Waals surface area (Å²) in [6.45, 7) is 2.33. The summed E-state index contributed by atoms with van der Waals surface area (Å²) >= 11 is 0. The van der Waals surface area contributed by atoms with Gasteiger partial charge in [-0.2, -0.15) is 0 Å². The number of hydrogen-bond acceptors (Lipinski definition) is 1. The molecule has 1 saturated carbocycles. The average Bonchev–Trinajstić information content (AvgIpc) is 2.52. The highest BCUT2D eigenvalue weighted by atomic mass is 19.1. The fourth-order valence-electron chi connectivity index (χ4n) is 2.88. The molecule has 3 atom stereocenters. The fourth-order valence-corrected chi connectivity index (χ4v) is 2.88. The van der Waals surface area contributed by atoms with Crippen molar-refractivity contribution in [1.82, 2.24) is 5.32 Å². The Balaban J connectivity index is 1.80. The number of fused-ring (bicyclic) bond motifs is 1. The van der Waals surface area contributed by atoms with Gasteiger partial charge in [-0.25, -0.2) is 4.39 Å². The zero-order valence-corrected chi connectivity index (χ0v) is 8.04. The molecular formula is C12H14FN.